The highest BCUT2D eigenvalue weighted by Crippen LogP contribution is 2.15. The summed E-state index contributed by atoms with van der Waals surface area (Å²) in [6.07, 6.45) is 3.52. The number of para-hydroxylation sites is 1. The van der Waals surface area contributed by atoms with Crippen LogP contribution in [0.1, 0.15) is 20.8 Å². The van der Waals surface area contributed by atoms with Gasteiger partial charge in [-0.15, -0.1) is 11.3 Å². The number of hydrogen-bond donors (Lipinski definition) is 2. The van der Waals surface area contributed by atoms with Crippen molar-refractivity contribution in [3.63, 3.8) is 0 Å². The molecule has 0 aliphatic rings. The summed E-state index contributed by atoms with van der Waals surface area (Å²) in [6, 6.07) is 9.80. The van der Waals surface area contributed by atoms with E-state index >= 15 is 0 Å². The van der Waals surface area contributed by atoms with E-state index < -0.39 is 0 Å². The number of hydrazone groups is 1. The predicted molar refractivity (Wildman–Crippen MR) is 82.4 cm³/mol. The number of rotatable bonds is 3. The molecule has 100 valence electrons. The van der Waals surface area contributed by atoms with Crippen LogP contribution >= 0.6 is 11.3 Å². The number of hydrogen-bond acceptors (Lipinski definition) is 3. The molecule has 3 aromatic rings. The van der Waals surface area contributed by atoms with Gasteiger partial charge in [-0.25, -0.2) is 5.43 Å². The lowest BCUT2D eigenvalue weighted by Crippen LogP contribution is -2.16. The minimum Gasteiger partial charge on any atom is -0.361 e. The van der Waals surface area contributed by atoms with Crippen molar-refractivity contribution >= 4 is 34.4 Å². The molecule has 2 aromatic heterocycles. The summed E-state index contributed by atoms with van der Waals surface area (Å²) >= 11 is 1.55. The lowest BCUT2D eigenvalue weighted by Gasteiger charge is -1.95. The molecule has 5 heteroatoms. The molecule has 0 aliphatic heterocycles. The van der Waals surface area contributed by atoms with Crippen LogP contribution in [-0.4, -0.2) is 17.1 Å². The summed E-state index contributed by atoms with van der Waals surface area (Å²) < 4.78 is 0. The van der Waals surface area contributed by atoms with Gasteiger partial charge in [0.25, 0.3) is 5.91 Å². The first kappa shape index (κ1) is 12.6. The van der Waals surface area contributed by atoms with E-state index in [4.69, 9.17) is 0 Å². The minimum absolute atomic E-state index is 0.189. The fourth-order valence-corrected chi connectivity index (χ4v) is 2.67. The Morgan fingerprint density at radius 1 is 1.40 bits per heavy atom. The lowest BCUT2D eigenvalue weighted by atomic mass is 10.2. The number of aromatic amines is 1. The standard InChI is InChI=1S/C15H13N3OS/c1-10-6-11(9-20-10)15(19)18-17-8-12-7-16-14-5-3-2-4-13(12)14/h2-9,16H,1H3,(H,18,19)/b17-8-. The number of carbonyl (C=O) groups is 1. The van der Waals surface area contributed by atoms with Gasteiger partial charge in [0.1, 0.15) is 0 Å². The van der Waals surface area contributed by atoms with E-state index in [-0.39, 0.29) is 5.91 Å². The Labute approximate surface area is 120 Å². The maximum atomic E-state index is 11.8. The fraction of sp³-hybridized carbons (Fsp3) is 0.0667. The third-order valence-electron chi connectivity index (χ3n) is 2.98. The highest BCUT2D eigenvalue weighted by atomic mass is 32.1. The Morgan fingerprint density at radius 3 is 3.05 bits per heavy atom. The van der Waals surface area contributed by atoms with Crippen LogP contribution in [0.2, 0.25) is 0 Å². The molecule has 2 heterocycles. The first-order chi connectivity index (χ1) is 9.74. The van der Waals surface area contributed by atoms with Gasteiger partial charge >= 0.3 is 0 Å². The van der Waals surface area contributed by atoms with Crippen molar-refractivity contribution in [3.8, 4) is 0 Å². The Hall–Kier alpha value is -2.40. The van der Waals surface area contributed by atoms with Crippen molar-refractivity contribution < 1.29 is 4.79 Å². The van der Waals surface area contributed by atoms with Crippen LogP contribution in [0.3, 0.4) is 0 Å². The van der Waals surface area contributed by atoms with Gasteiger partial charge in [0, 0.05) is 32.9 Å². The van der Waals surface area contributed by atoms with Crippen molar-refractivity contribution in [3.05, 3.63) is 57.9 Å². The van der Waals surface area contributed by atoms with Crippen molar-refractivity contribution in [1.82, 2.24) is 10.4 Å². The normalized spacial score (nSPS) is 11.2. The topological polar surface area (TPSA) is 57.2 Å². The summed E-state index contributed by atoms with van der Waals surface area (Å²) in [5.74, 6) is -0.189. The van der Waals surface area contributed by atoms with Crippen molar-refractivity contribution in [2.75, 3.05) is 0 Å². The molecule has 1 amide bonds. The molecular formula is C15H13N3OS. The molecule has 20 heavy (non-hydrogen) atoms. The average molecular weight is 283 g/mol. The van der Waals surface area contributed by atoms with Gasteiger partial charge in [0.05, 0.1) is 11.8 Å². The Kier molecular flexibility index (Phi) is 3.35. The summed E-state index contributed by atoms with van der Waals surface area (Å²) in [4.78, 5) is 16.1. The largest absolute Gasteiger partial charge is 0.361 e. The minimum atomic E-state index is -0.189. The number of H-pyrrole nitrogens is 1. The van der Waals surface area contributed by atoms with Crippen LogP contribution in [0.4, 0.5) is 0 Å². The molecule has 0 fully saturated rings. The van der Waals surface area contributed by atoms with Gasteiger partial charge in [-0.1, -0.05) is 18.2 Å². The zero-order chi connectivity index (χ0) is 13.9. The maximum absolute atomic E-state index is 11.8. The predicted octanol–water partition coefficient (Wildman–Crippen LogP) is 3.30. The second-order valence-electron chi connectivity index (χ2n) is 4.43. The number of thiophene rings is 1. The first-order valence-corrected chi connectivity index (χ1v) is 7.06. The van der Waals surface area contributed by atoms with Gasteiger partial charge in [-0.2, -0.15) is 5.10 Å². The second-order valence-corrected chi connectivity index (χ2v) is 5.55. The summed E-state index contributed by atoms with van der Waals surface area (Å²) in [6.45, 7) is 1.97. The van der Waals surface area contributed by atoms with E-state index in [2.05, 4.69) is 15.5 Å². The van der Waals surface area contributed by atoms with Gasteiger partial charge in [0.2, 0.25) is 0 Å². The van der Waals surface area contributed by atoms with Crippen LogP contribution in [0, 0.1) is 6.92 Å². The molecule has 2 N–H and O–H groups in total. The van der Waals surface area contributed by atoms with Crippen LogP contribution < -0.4 is 5.43 Å². The number of nitrogens with one attached hydrogen (secondary N) is 2. The molecule has 1 aromatic carbocycles. The smallest absolute Gasteiger partial charge is 0.272 e. The molecule has 0 saturated heterocycles. The zero-order valence-corrected chi connectivity index (χ0v) is 11.7. The van der Waals surface area contributed by atoms with Gasteiger partial charge in [-0.3, -0.25) is 4.79 Å². The Bertz CT molecular complexity index is 785. The number of carbonyl (C=O) groups excluding carboxylic acids is 1. The lowest BCUT2D eigenvalue weighted by molar-refractivity contribution is 0.0955. The molecule has 0 atom stereocenters. The highest BCUT2D eigenvalue weighted by molar-refractivity contribution is 7.10. The van der Waals surface area contributed by atoms with E-state index in [0.29, 0.717) is 5.56 Å². The molecule has 3 rings (SSSR count). The molecule has 4 nitrogen and oxygen atoms in total. The number of nitrogens with zero attached hydrogens (tertiary/aromatic N) is 1. The van der Waals surface area contributed by atoms with Gasteiger partial charge in [0.15, 0.2) is 0 Å². The second kappa shape index (κ2) is 5.30. The number of benzene rings is 1. The SMILES string of the molecule is Cc1cc(C(=O)N/N=C\c2c[nH]c3ccccc23)cs1. The van der Waals surface area contributed by atoms with Crippen LogP contribution in [0.25, 0.3) is 10.9 Å². The van der Waals surface area contributed by atoms with E-state index in [9.17, 15) is 4.79 Å². The van der Waals surface area contributed by atoms with Crippen molar-refractivity contribution in [2.24, 2.45) is 5.10 Å². The Morgan fingerprint density at radius 2 is 2.25 bits per heavy atom. The summed E-state index contributed by atoms with van der Waals surface area (Å²) in [5.41, 5.74) is 5.18. The van der Waals surface area contributed by atoms with E-state index in [1.54, 1.807) is 17.6 Å². The summed E-state index contributed by atoms with van der Waals surface area (Å²) in [5, 5.41) is 6.92. The molecule has 0 bridgehead atoms. The van der Waals surface area contributed by atoms with E-state index in [0.717, 1.165) is 21.3 Å². The average Bonchev–Trinajstić information content (AvgIpc) is 3.06. The molecule has 0 unspecified atom stereocenters. The fourth-order valence-electron chi connectivity index (χ4n) is 1.99. The van der Waals surface area contributed by atoms with Crippen molar-refractivity contribution in [2.45, 2.75) is 6.92 Å². The first-order valence-electron chi connectivity index (χ1n) is 6.19. The molecule has 0 saturated carbocycles. The van der Waals surface area contributed by atoms with Crippen LogP contribution in [0.5, 0.6) is 0 Å². The van der Waals surface area contributed by atoms with E-state index in [1.165, 1.54) is 0 Å². The molecular weight excluding hydrogens is 270 g/mol. The highest BCUT2D eigenvalue weighted by Gasteiger charge is 2.05. The van der Waals surface area contributed by atoms with Crippen molar-refractivity contribution in [1.29, 1.82) is 0 Å². The van der Waals surface area contributed by atoms with Gasteiger partial charge < -0.3 is 4.98 Å². The quantitative estimate of drug-likeness (QED) is 0.562. The van der Waals surface area contributed by atoms with Crippen LogP contribution in [0.15, 0.2) is 47.0 Å². The van der Waals surface area contributed by atoms with E-state index in [1.807, 2.05) is 48.8 Å². The molecule has 0 aliphatic carbocycles. The maximum Gasteiger partial charge on any atom is 0.272 e. The van der Waals surface area contributed by atoms with Crippen LogP contribution in [-0.2, 0) is 0 Å². The summed E-state index contributed by atoms with van der Waals surface area (Å²) in [7, 11) is 0. The molecule has 0 radical (unpaired) electrons. The third kappa shape index (κ3) is 2.48. The third-order valence-corrected chi connectivity index (χ3v) is 3.85. The Balaban J connectivity index is 1.73. The number of aromatic nitrogens is 1. The molecule has 0 spiro atoms. The number of aryl methyl sites for hydroxylation is 1. The zero-order valence-electron chi connectivity index (χ0n) is 10.9. The van der Waals surface area contributed by atoms with Gasteiger partial charge in [-0.05, 0) is 19.1 Å². The number of fused-ring (bicyclic) bond motifs is 1. The monoisotopic (exact) mass is 283 g/mol. The number of amides is 1.